The fraction of sp³-hybridized carbons (Fsp3) is 0.150. The number of rotatable bonds is 7. The highest BCUT2D eigenvalue weighted by atomic mass is 32.2. The molecule has 0 atom stereocenters. The van der Waals surface area contributed by atoms with Gasteiger partial charge in [-0.25, -0.2) is 12.8 Å². The number of nitrogens with one attached hydrogen (secondary N) is 1. The normalized spacial score (nSPS) is 11.1. The minimum Gasteiger partial charge on any atom is -0.484 e. The van der Waals surface area contributed by atoms with Crippen LogP contribution in [0, 0.1) is 12.7 Å². The van der Waals surface area contributed by atoms with E-state index in [1.54, 1.807) is 60.8 Å². The Balaban J connectivity index is 1.59. The summed E-state index contributed by atoms with van der Waals surface area (Å²) in [5.74, 6) is -0.434. The van der Waals surface area contributed by atoms with Crippen LogP contribution in [0.2, 0.25) is 0 Å². The maximum atomic E-state index is 13.5. The highest BCUT2D eigenvalue weighted by Crippen LogP contribution is 2.26. The summed E-state index contributed by atoms with van der Waals surface area (Å²) in [6.45, 7) is 1.37. The van der Waals surface area contributed by atoms with Gasteiger partial charge in [-0.1, -0.05) is 12.1 Å². The lowest BCUT2D eigenvalue weighted by molar-refractivity contribution is -0.118. The Morgan fingerprint density at radius 3 is 2.52 bits per heavy atom. The number of benzene rings is 2. The van der Waals surface area contributed by atoms with E-state index in [1.807, 2.05) is 0 Å². The molecule has 3 aromatic rings. The van der Waals surface area contributed by atoms with Crippen LogP contribution in [0.4, 0.5) is 15.8 Å². The smallest absolute Gasteiger partial charge is 0.273 e. The second-order valence-electron chi connectivity index (χ2n) is 6.20. The number of anilines is 2. The van der Waals surface area contributed by atoms with Crippen molar-refractivity contribution in [2.45, 2.75) is 11.1 Å². The van der Waals surface area contributed by atoms with Crippen LogP contribution in [0.3, 0.4) is 0 Å². The second kappa shape index (κ2) is 8.62. The fourth-order valence-corrected chi connectivity index (χ4v) is 4.81. The lowest BCUT2D eigenvalue weighted by atomic mass is 10.2. The maximum absolute atomic E-state index is 13.5. The molecule has 0 aliphatic rings. The van der Waals surface area contributed by atoms with Gasteiger partial charge >= 0.3 is 0 Å². The molecule has 1 heterocycles. The third-order valence-corrected chi connectivity index (χ3v) is 7.29. The molecular weight excluding hydrogens is 415 g/mol. The van der Waals surface area contributed by atoms with Crippen molar-refractivity contribution in [2.24, 2.45) is 0 Å². The zero-order valence-electron chi connectivity index (χ0n) is 15.8. The van der Waals surface area contributed by atoms with Crippen molar-refractivity contribution < 1.29 is 22.3 Å². The van der Waals surface area contributed by atoms with Crippen LogP contribution in [-0.2, 0) is 14.8 Å². The molecule has 2 aromatic carbocycles. The molecule has 0 fully saturated rings. The van der Waals surface area contributed by atoms with Gasteiger partial charge in [-0.3, -0.25) is 9.10 Å². The van der Waals surface area contributed by atoms with E-state index in [9.17, 15) is 17.6 Å². The zero-order chi connectivity index (χ0) is 21.0. The van der Waals surface area contributed by atoms with E-state index in [0.29, 0.717) is 22.7 Å². The molecular formula is C20H19FN2O4S2. The highest BCUT2D eigenvalue weighted by molar-refractivity contribution is 7.94. The molecule has 1 aromatic heterocycles. The topological polar surface area (TPSA) is 75.7 Å². The number of amides is 1. The number of sulfonamides is 1. The second-order valence-corrected chi connectivity index (χ2v) is 9.34. The zero-order valence-corrected chi connectivity index (χ0v) is 17.4. The summed E-state index contributed by atoms with van der Waals surface area (Å²) < 4.78 is 45.5. The van der Waals surface area contributed by atoms with E-state index < -0.39 is 21.7 Å². The molecule has 0 spiro atoms. The summed E-state index contributed by atoms with van der Waals surface area (Å²) in [5, 5.41) is 4.26. The van der Waals surface area contributed by atoms with Gasteiger partial charge < -0.3 is 10.1 Å². The quantitative estimate of drug-likeness (QED) is 0.609. The molecule has 29 heavy (non-hydrogen) atoms. The Kier molecular flexibility index (Phi) is 6.19. The first-order valence-corrected chi connectivity index (χ1v) is 10.9. The summed E-state index contributed by atoms with van der Waals surface area (Å²) in [6, 6.07) is 14.0. The van der Waals surface area contributed by atoms with Crippen LogP contribution in [-0.4, -0.2) is 28.0 Å². The van der Waals surface area contributed by atoms with E-state index >= 15 is 0 Å². The van der Waals surface area contributed by atoms with Gasteiger partial charge in [0.1, 0.15) is 15.8 Å². The number of carbonyl (C=O) groups excluding carboxylic acids is 1. The summed E-state index contributed by atoms with van der Waals surface area (Å²) in [6.07, 6.45) is 0. The first-order valence-electron chi connectivity index (χ1n) is 8.58. The monoisotopic (exact) mass is 434 g/mol. The van der Waals surface area contributed by atoms with Gasteiger partial charge in [0.05, 0.1) is 5.69 Å². The van der Waals surface area contributed by atoms with Crippen molar-refractivity contribution in [2.75, 3.05) is 23.3 Å². The van der Waals surface area contributed by atoms with E-state index in [0.717, 1.165) is 11.3 Å². The molecule has 152 valence electrons. The van der Waals surface area contributed by atoms with Crippen molar-refractivity contribution in [1.82, 2.24) is 0 Å². The number of halogens is 1. The molecule has 0 saturated heterocycles. The molecule has 0 aliphatic heterocycles. The van der Waals surface area contributed by atoms with Crippen molar-refractivity contribution >= 4 is 38.6 Å². The first-order chi connectivity index (χ1) is 13.8. The van der Waals surface area contributed by atoms with Gasteiger partial charge in [0.25, 0.3) is 15.9 Å². The van der Waals surface area contributed by atoms with E-state index in [1.165, 1.54) is 17.4 Å². The number of ether oxygens (including phenoxy) is 1. The standard InChI is InChI=1S/C20H19FN2O4S2/c1-14-5-6-15(12-18(14)21)22-19(24)13-27-17-9-7-16(8-10-17)23(2)29(25,26)20-4-3-11-28-20/h3-12H,13H2,1-2H3,(H,22,24). The fourth-order valence-electron chi connectivity index (χ4n) is 2.45. The molecule has 0 bridgehead atoms. The molecule has 0 aliphatic carbocycles. The van der Waals surface area contributed by atoms with Crippen LogP contribution in [0.15, 0.2) is 64.2 Å². The van der Waals surface area contributed by atoms with E-state index in [4.69, 9.17) is 4.74 Å². The number of aryl methyl sites for hydroxylation is 1. The first kappa shape index (κ1) is 20.8. The van der Waals surface area contributed by atoms with Crippen LogP contribution in [0.25, 0.3) is 0 Å². The van der Waals surface area contributed by atoms with E-state index in [-0.39, 0.29) is 10.8 Å². The van der Waals surface area contributed by atoms with E-state index in [2.05, 4.69) is 5.32 Å². The minimum absolute atomic E-state index is 0.254. The average Bonchev–Trinajstić information content (AvgIpc) is 3.25. The lowest BCUT2D eigenvalue weighted by Crippen LogP contribution is -2.25. The summed E-state index contributed by atoms with van der Waals surface area (Å²) >= 11 is 1.15. The predicted octanol–water partition coefficient (Wildman–Crippen LogP) is 4.04. The summed E-state index contributed by atoms with van der Waals surface area (Å²) in [7, 11) is -2.14. The maximum Gasteiger partial charge on any atom is 0.273 e. The van der Waals surface area contributed by atoms with Gasteiger partial charge in [0.2, 0.25) is 0 Å². The Hall–Kier alpha value is -2.91. The Labute approximate surface area is 172 Å². The van der Waals surface area contributed by atoms with Gasteiger partial charge in [0.15, 0.2) is 6.61 Å². The van der Waals surface area contributed by atoms with Crippen LogP contribution in [0.1, 0.15) is 5.56 Å². The molecule has 0 radical (unpaired) electrons. The predicted molar refractivity (Wildman–Crippen MR) is 112 cm³/mol. The van der Waals surface area contributed by atoms with Gasteiger partial charge in [0, 0.05) is 12.7 Å². The SMILES string of the molecule is Cc1ccc(NC(=O)COc2ccc(N(C)S(=O)(=O)c3cccs3)cc2)cc1F. The third kappa shape index (κ3) is 4.93. The Morgan fingerprint density at radius 2 is 1.90 bits per heavy atom. The number of nitrogens with zero attached hydrogens (tertiary/aromatic N) is 1. The highest BCUT2D eigenvalue weighted by Gasteiger charge is 2.22. The molecule has 0 unspecified atom stereocenters. The van der Waals surface area contributed by atoms with Crippen LogP contribution < -0.4 is 14.4 Å². The largest absolute Gasteiger partial charge is 0.484 e. The molecule has 6 nitrogen and oxygen atoms in total. The van der Waals surface area contributed by atoms with Crippen molar-refractivity contribution in [3.05, 3.63) is 71.4 Å². The minimum atomic E-state index is -3.61. The van der Waals surface area contributed by atoms with Gasteiger partial charge in [-0.05, 0) is 60.3 Å². The molecule has 3 rings (SSSR count). The molecule has 1 amide bonds. The van der Waals surface area contributed by atoms with Gasteiger partial charge in [-0.2, -0.15) is 0 Å². The van der Waals surface area contributed by atoms with Gasteiger partial charge in [-0.15, -0.1) is 11.3 Å². The Morgan fingerprint density at radius 1 is 1.17 bits per heavy atom. The van der Waals surface area contributed by atoms with Crippen LogP contribution in [0.5, 0.6) is 5.75 Å². The summed E-state index contributed by atoms with van der Waals surface area (Å²) in [4.78, 5) is 12.0. The molecule has 9 heteroatoms. The Bertz CT molecular complexity index is 1100. The van der Waals surface area contributed by atoms with Crippen molar-refractivity contribution in [3.8, 4) is 5.75 Å². The number of thiophene rings is 1. The molecule has 1 N–H and O–H groups in total. The number of carbonyl (C=O) groups is 1. The van der Waals surface area contributed by atoms with Crippen molar-refractivity contribution in [3.63, 3.8) is 0 Å². The molecule has 0 saturated carbocycles. The lowest BCUT2D eigenvalue weighted by Gasteiger charge is -2.18. The summed E-state index contributed by atoms with van der Waals surface area (Å²) in [5.41, 5.74) is 1.30. The van der Waals surface area contributed by atoms with Crippen molar-refractivity contribution in [1.29, 1.82) is 0 Å². The number of hydrogen-bond donors (Lipinski definition) is 1. The van der Waals surface area contributed by atoms with Crippen LogP contribution >= 0.6 is 11.3 Å². The number of hydrogen-bond acceptors (Lipinski definition) is 5. The average molecular weight is 435 g/mol. The third-order valence-electron chi connectivity index (χ3n) is 4.14.